The number of likely N-dealkylation sites (tertiary alicyclic amines) is 1. The fourth-order valence-electron chi connectivity index (χ4n) is 6.85. The zero-order chi connectivity index (χ0) is 29.5. The first-order valence-corrected chi connectivity index (χ1v) is 14.6. The van der Waals surface area contributed by atoms with Crippen LogP contribution in [0.25, 0.3) is 0 Å². The van der Waals surface area contributed by atoms with Gasteiger partial charge in [-0.1, -0.05) is 46.5 Å². The molecule has 4 rings (SSSR count). The largest absolute Gasteiger partial charge is 0.449 e. The topological polar surface area (TPSA) is 119 Å². The number of hydrogen-bond acceptors (Lipinski definition) is 5. The summed E-state index contributed by atoms with van der Waals surface area (Å²) in [6.45, 7) is 5.08. The summed E-state index contributed by atoms with van der Waals surface area (Å²) in [5, 5.41) is 15.6. The maximum atomic E-state index is 13.8. The summed E-state index contributed by atoms with van der Waals surface area (Å²) in [4.78, 5) is 53.3. The van der Waals surface area contributed by atoms with Gasteiger partial charge in [0.1, 0.15) is 12.1 Å². The number of amides is 3. The van der Waals surface area contributed by atoms with Crippen molar-refractivity contribution in [1.82, 2.24) is 15.5 Å². The van der Waals surface area contributed by atoms with Crippen LogP contribution in [-0.4, -0.2) is 58.7 Å². The number of hydrogen-bond donors (Lipinski definition) is 2. The molecule has 0 aromatic heterocycles. The second-order valence-electron chi connectivity index (χ2n) is 13.5. The quantitative estimate of drug-likeness (QED) is 0.460. The molecule has 2 aliphatic carbocycles. The molecule has 0 bridgehead atoms. The van der Waals surface area contributed by atoms with Crippen molar-refractivity contribution in [1.29, 1.82) is 5.26 Å². The minimum absolute atomic E-state index is 0.0144. The number of rotatable bonds is 8. The Morgan fingerprint density at radius 1 is 1.10 bits per heavy atom. The number of ketones is 1. The lowest BCUT2D eigenvalue weighted by Crippen LogP contribution is -2.53. The van der Waals surface area contributed by atoms with Gasteiger partial charge in [0, 0.05) is 24.4 Å². The molecule has 40 heavy (non-hydrogen) atoms. The highest BCUT2D eigenvalue weighted by Gasteiger charge is 2.50. The van der Waals surface area contributed by atoms with Gasteiger partial charge in [0.05, 0.1) is 12.0 Å². The van der Waals surface area contributed by atoms with E-state index in [4.69, 9.17) is 0 Å². The molecule has 4 fully saturated rings. The number of nitrogens with zero attached hydrogens (tertiary/aromatic N) is 2. The first-order valence-electron chi connectivity index (χ1n) is 14.6. The Bertz CT molecular complexity index is 1050. The standard InChI is InChI=1S/C29H41F3N4O4/c1-27(2,3)21(14-23(37)29(30,31)32)26(40)36-16-19(17-6-4-5-7-17)13-22(36)25(39)34-20(15-33)12-18-8-9-28(10-11-28)35-24(18)38/h17-22H,4-14,16H2,1-3H3,(H,34,39)(H,35,38)/t18-,19+,20-,21+,22?/m0/s1. The van der Waals surface area contributed by atoms with Crippen LogP contribution in [-0.2, 0) is 19.2 Å². The third kappa shape index (κ3) is 6.80. The van der Waals surface area contributed by atoms with Crippen LogP contribution in [0.5, 0.6) is 0 Å². The summed E-state index contributed by atoms with van der Waals surface area (Å²) in [6.07, 6.45) is 1.92. The normalized spacial score (nSPS) is 28.1. The fourth-order valence-corrected chi connectivity index (χ4v) is 6.85. The van der Waals surface area contributed by atoms with E-state index in [2.05, 4.69) is 16.7 Å². The lowest BCUT2D eigenvalue weighted by atomic mass is 9.76. The van der Waals surface area contributed by atoms with Gasteiger partial charge in [-0.3, -0.25) is 19.2 Å². The fraction of sp³-hybridized carbons (Fsp3) is 0.828. The van der Waals surface area contributed by atoms with Crippen molar-refractivity contribution >= 4 is 23.5 Å². The average Bonchev–Trinajstić information content (AvgIpc) is 3.25. The van der Waals surface area contributed by atoms with Gasteiger partial charge in [-0.15, -0.1) is 0 Å². The van der Waals surface area contributed by atoms with E-state index in [1.54, 1.807) is 20.8 Å². The van der Waals surface area contributed by atoms with Crippen LogP contribution in [0, 0.1) is 40.4 Å². The Morgan fingerprint density at radius 3 is 2.27 bits per heavy atom. The van der Waals surface area contributed by atoms with Gasteiger partial charge in [0.25, 0.3) is 0 Å². The molecule has 3 amide bonds. The van der Waals surface area contributed by atoms with Gasteiger partial charge in [-0.2, -0.15) is 18.4 Å². The van der Waals surface area contributed by atoms with Crippen LogP contribution >= 0.6 is 0 Å². The van der Waals surface area contributed by atoms with Gasteiger partial charge in [-0.25, -0.2) is 0 Å². The Balaban J connectivity index is 1.49. The Hall–Kier alpha value is -2.64. The Labute approximate surface area is 233 Å². The predicted octanol–water partition coefficient (Wildman–Crippen LogP) is 4.03. The van der Waals surface area contributed by atoms with E-state index in [0.29, 0.717) is 18.8 Å². The summed E-state index contributed by atoms with van der Waals surface area (Å²) in [5.74, 6) is -4.58. The smallest absolute Gasteiger partial charge is 0.350 e. The molecule has 1 unspecified atom stereocenters. The van der Waals surface area contributed by atoms with Crippen molar-refractivity contribution in [2.45, 2.75) is 115 Å². The molecule has 0 aromatic rings. The van der Waals surface area contributed by atoms with Crippen LogP contribution < -0.4 is 10.6 Å². The lowest BCUT2D eigenvalue weighted by molar-refractivity contribution is -0.174. The van der Waals surface area contributed by atoms with E-state index in [1.165, 1.54) is 4.90 Å². The van der Waals surface area contributed by atoms with Crippen molar-refractivity contribution in [3.05, 3.63) is 0 Å². The summed E-state index contributed by atoms with van der Waals surface area (Å²) in [6, 6.07) is 0.186. The number of halogens is 3. The van der Waals surface area contributed by atoms with E-state index in [1.807, 2.05) is 0 Å². The lowest BCUT2D eigenvalue weighted by Gasteiger charge is -2.35. The van der Waals surface area contributed by atoms with Gasteiger partial charge in [0.2, 0.25) is 23.5 Å². The Morgan fingerprint density at radius 2 is 1.75 bits per heavy atom. The monoisotopic (exact) mass is 566 g/mol. The maximum absolute atomic E-state index is 13.8. The van der Waals surface area contributed by atoms with Gasteiger partial charge >= 0.3 is 6.18 Å². The number of carbonyl (C=O) groups is 4. The molecule has 8 nitrogen and oxygen atoms in total. The van der Waals surface area contributed by atoms with E-state index in [9.17, 15) is 37.6 Å². The zero-order valence-corrected chi connectivity index (χ0v) is 23.6. The summed E-state index contributed by atoms with van der Waals surface area (Å²) in [7, 11) is 0. The van der Waals surface area contributed by atoms with Gasteiger partial charge in [0.15, 0.2) is 0 Å². The number of alkyl halides is 3. The highest BCUT2D eigenvalue weighted by molar-refractivity contribution is 5.93. The molecule has 4 aliphatic rings. The molecule has 0 aromatic carbocycles. The minimum Gasteiger partial charge on any atom is -0.350 e. The number of nitrogens with one attached hydrogen (secondary N) is 2. The summed E-state index contributed by atoms with van der Waals surface area (Å²) >= 11 is 0. The highest BCUT2D eigenvalue weighted by atomic mass is 19.4. The first-order chi connectivity index (χ1) is 18.6. The predicted molar refractivity (Wildman–Crippen MR) is 139 cm³/mol. The molecule has 5 atom stereocenters. The minimum atomic E-state index is -5.05. The molecule has 1 spiro atoms. The number of Topliss-reactive ketones (excluding diaryl/α,β-unsaturated/α-hetero) is 1. The number of piperidine rings is 1. The molecule has 2 saturated carbocycles. The van der Waals surface area contributed by atoms with Gasteiger partial charge < -0.3 is 15.5 Å². The molecule has 11 heteroatoms. The summed E-state index contributed by atoms with van der Waals surface area (Å²) < 4.78 is 39.5. The third-order valence-electron chi connectivity index (χ3n) is 9.61. The summed E-state index contributed by atoms with van der Waals surface area (Å²) in [5.41, 5.74) is -1.04. The van der Waals surface area contributed by atoms with Crippen LogP contribution in [0.4, 0.5) is 13.2 Å². The molecule has 2 N–H and O–H groups in total. The van der Waals surface area contributed by atoms with E-state index < -0.39 is 59.5 Å². The van der Waals surface area contributed by atoms with E-state index >= 15 is 0 Å². The first kappa shape index (κ1) is 30.3. The van der Waals surface area contributed by atoms with E-state index in [-0.39, 0.29) is 30.3 Å². The van der Waals surface area contributed by atoms with Crippen molar-refractivity contribution in [2.24, 2.45) is 29.1 Å². The number of carbonyl (C=O) groups excluding carboxylic acids is 4. The maximum Gasteiger partial charge on any atom is 0.449 e. The van der Waals surface area contributed by atoms with Crippen LogP contribution in [0.3, 0.4) is 0 Å². The third-order valence-corrected chi connectivity index (χ3v) is 9.61. The highest BCUT2D eigenvalue weighted by Crippen LogP contribution is 2.44. The SMILES string of the molecule is CC(C)(C)[C@H](CC(=O)C(F)(F)F)C(=O)N1C[C@H](C2CCCC2)CC1C(=O)N[C@H](C#N)C[C@@H]1CCC2(CC2)NC1=O. The molecule has 2 aliphatic heterocycles. The van der Waals surface area contributed by atoms with Crippen LogP contribution in [0.15, 0.2) is 0 Å². The molecule has 2 saturated heterocycles. The van der Waals surface area contributed by atoms with Gasteiger partial charge in [-0.05, 0) is 55.8 Å². The van der Waals surface area contributed by atoms with Crippen molar-refractivity contribution in [3.8, 4) is 6.07 Å². The molecule has 0 radical (unpaired) electrons. The molecular weight excluding hydrogens is 525 g/mol. The number of nitriles is 1. The molecule has 222 valence electrons. The molecule has 2 heterocycles. The second-order valence-corrected chi connectivity index (χ2v) is 13.5. The van der Waals surface area contributed by atoms with Crippen molar-refractivity contribution < 1.29 is 32.3 Å². The zero-order valence-electron chi connectivity index (χ0n) is 23.6. The second kappa shape index (κ2) is 11.3. The molecular formula is C29H41F3N4O4. The van der Waals surface area contributed by atoms with Crippen LogP contribution in [0.2, 0.25) is 0 Å². The average molecular weight is 567 g/mol. The Kier molecular flexibility index (Phi) is 8.58. The van der Waals surface area contributed by atoms with Crippen molar-refractivity contribution in [2.75, 3.05) is 6.54 Å². The van der Waals surface area contributed by atoms with Crippen molar-refractivity contribution in [3.63, 3.8) is 0 Å². The van der Waals surface area contributed by atoms with E-state index in [0.717, 1.165) is 44.9 Å². The van der Waals surface area contributed by atoms with Crippen LogP contribution in [0.1, 0.15) is 91.4 Å².